The van der Waals surface area contributed by atoms with Crippen molar-refractivity contribution < 1.29 is 0 Å². The molecule has 1 nitrogen and oxygen atoms in total. The molecule has 0 unspecified atom stereocenters. The third-order valence-corrected chi connectivity index (χ3v) is 7.74. The van der Waals surface area contributed by atoms with Crippen LogP contribution in [0, 0.1) is 0 Å². The second-order valence-electron chi connectivity index (χ2n) is 8.66. The van der Waals surface area contributed by atoms with Crippen LogP contribution >= 0.6 is 15.9 Å². The number of hydrogen-bond acceptors (Lipinski definition) is 0. The van der Waals surface area contributed by atoms with Crippen molar-refractivity contribution in [2.24, 2.45) is 0 Å². The van der Waals surface area contributed by atoms with Crippen molar-refractivity contribution in [3.8, 4) is 11.1 Å². The Hall–Kier alpha value is -3.62. The first-order valence-corrected chi connectivity index (χ1v) is 12.0. The van der Waals surface area contributed by atoms with Gasteiger partial charge in [-0.1, -0.05) is 109 Å². The van der Waals surface area contributed by atoms with Gasteiger partial charge in [0.25, 0.3) is 0 Å². The van der Waals surface area contributed by atoms with Gasteiger partial charge in [0, 0.05) is 15.2 Å². The first-order chi connectivity index (χ1) is 16.3. The highest BCUT2D eigenvalue weighted by molar-refractivity contribution is 9.10. The van der Waals surface area contributed by atoms with Crippen molar-refractivity contribution in [3.63, 3.8) is 0 Å². The smallest absolute Gasteiger partial charge is 0.122 e. The Bertz CT molecular complexity index is 1630. The second-order valence-corrected chi connectivity index (χ2v) is 9.51. The van der Waals surface area contributed by atoms with Crippen LogP contribution < -0.4 is 0 Å². The van der Waals surface area contributed by atoms with Gasteiger partial charge in [0.05, 0.1) is 11.0 Å². The number of para-hydroxylation sites is 2. The van der Waals surface area contributed by atoms with Crippen molar-refractivity contribution in [2.45, 2.75) is 5.54 Å². The molecule has 0 spiro atoms. The lowest BCUT2D eigenvalue weighted by molar-refractivity contribution is 0.563. The molecule has 0 atom stereocenters. The summed E-state index contributed by atoms with van der Waals surface area (Å²) in [5, 5.41) is 2.53. The Balaban J connectivity index is 1.80. The van der Waals surface area contributed by atoms with Crippen LogP contribution in [0.4, 0.5) is 0 Å². The Morgan fingerprint density at radius 2 is 1.09 bits per heavy atom. The molecule has 1 aromatic heterocycles. The lowest BCUT2D eigenvalue weighted by Crippen LogP contribution is -2.35. The van der Waals surface area contributed by atoms with Gasteiger partial charge in [-0.15, -0.1) is 0 Å². The third-order valence-electron chi connectivity index (χ3n) is 7.10. The Morgan fingerprint density at radius 3 is 1.82 bits per heavy atom. The van der Waals surface area contributed by atoms with E-state index in [0.717, 1.165) is 4.47 Å². The summed E-state index contributed by atoms with van der Waals surface area (Å²) >= 11 is 3.93. The molecule has 33 heavy (non-hydrogen) atoms. The highest BCUT2D eigenvalue weighted by Crippen LogP contribution is 2.56. The van der Waals surface area contributed by atoms with E-state index in [1.54, 1.807) is 0 Å². The summed E-state index contributed by atoms with van der Waals surface area (Å²) < 4.78 is 3.68. The van der Waals surface area contributed by atoms with E-state index in [9.17, 15) is 0 Å². The van der Waals surface area contributed by atoms with Crippen LogP contribution in [0.2, 0.25) is 0 Å². The van der Waals surface area contributed by atoms with Crippen molar-refractivity contribution >= 4 is 37.7 Å². The van der Waals surface area contributed by atoms with E-state index in [-0.39, 0.29) is 0 Å². The topological polar surface area (TPSA) is 4.93 Å². The maximum absolute atomic E-state index is 3.93. The molecule has 0 bridgehead atoms. The van der Waals surface area contributed by atoms with Crippen LogP contribution in [0.15, 0.2) is 126 Å². The van der Waals surface area contributed by atoms with E-state index < -0.39 is 5.54 Å². The number of benzene rings is 5. The standard InChI is InChI=1S/C31H20BrN/c32-28-19-10-16-25-24-15-6-9-20-29(24)33(30(25)28)31(21-11-2-1-3-12-21)26-17-7-4-13-22(26)23-14-5-8-18-27(23)31/h1-20H. The summed E-state index contributed by atoms with van der Waals surface area (Å²) in [6.07, 6.45) is 0. The summed E-state index contributed by atoms with van der Waals surface area (Å²) in [6, 6.07) is 44.1. The molecule has 6 aromatic rings. The predicted octanol–water partition coefficient (Wildman–Crippen LogP) is 8.38. The molecular weight excluding hydrogens is 466 g/mol. The minimum atomic E-state index is -0.486. The number of fused-ring (bicyclic) bond motifs is 6. The summed E-state index contributed by atoms with van der Waals surface area (Å²) in [6.45, 7) is 0. The quantitative estimate of drug-likeness (QED) is 0.231. The van der Waals surface area contributed by atoms with E-state index in [1.807, 2.05) is 0 Å². The van der Waals surface area contributed by atoms with Crippen molar-refractivity contribution in [3.05, 3.63) is 142 Å². The maximum atomic E-state index is 3.93. The third kappa shape index (κ3) is 2.37. The SMILES string of the molecule is Brc1cccc2c3ccccc3n(C3(c4ccccc4)c4ccccc4-c4ccccc43)c12. The Labute approximate surface area is 201 Å². The summed E-state index contributed by atoms with van der Waals surface area (Å²) in [7, 11) is 0. The van der Waals surface area contributed by atoms with Gasteiger partial charge in [0.2, 0.25) is 0 Å². The molecule has 0 saturated heterocycles. The molecule has 156 valence electrons. The first-order valence-electron chi connectivity index (χ1n) is 11.2. The molecule has 1 aliphatic carbocycles. The minimum Gasteiger partial charge on any atom is -0.321 e. The summed E-state index contributed by atoms with van der Waals surface area (Å²) in [5.41, 5.74) is 8.46. The van der Waals surface area contributed by atoms with Gasteiger partial charge in [-0.3, -0.25) is 0 Å². The molecule has 0 N–H and O–H groups in total. The van der Waals surface area contributed by atoms with Crippen molar-refractivity contribution in [1.82, 2.24) is 4.57 Å². The second kappa shape index (κ2) is 6.94. The van der Waals surface area contributed by atoms with Gasteiger partial charge in [-0.25, -0.2) is 0 Å². The van der Waals surface area contributed by atoms with Gasteiger partial charge >= 0.3 is 0 Å². The zero-order valence-corrected chi connectivity index (χ0v) is 19.5. The first kappa shape index (κ1) is 18.9. The largest absolute Gasteiger partial charge is 0.321 e. The Kier molecular flexibility index (Phi) is 3.97. The number of aromatic nitrogens is 1. The fourth-order valence-electron chi connectivity index (χ4n) is 5.90. The lowest BCUT2D eigenvalue weighted by atomic mass is 9.80. The van der Waals surface area contributed by atoms with E-state index in [0.29, 0.717) is 0 Å². The molecule has 0 saturated carbocycles. The summed E-state index contributed by atoms with van der Waals surface area (Å²) in [4.78, 5) is 0. The van der Waals surface area contributed by atoms with Gasteiger partial charge in [0.15, 0.2) is 0 Å². The molecule has 1 heterocycles. The van der Waals surface area contributed by atoms with E-state index >= 15 is 0 Å². The highest BCUT2D eigenvalue weighted by Gasteiger charge is 2.47. The van der Waals surface area contributed by atoms with Crippen LogP contribution in [0.3, 0.4) is 0 Å². The fraction of sp³-hybridized carbons (Fsp3) is 0.0323. The zero-order valence-electron chi connectivity index (χ0n) is 17.9. The average molecular weight is 486 g/mol. The number of hydrogen-bond donors (Lipinski definition) is 0. The van der Waals surface area contributed by atoms with Gasteiger partial charge in [0.1, 0.15) is 5.54 Å². The average Bonchev–Trinajstić information content (AvgIpc) is 3.37. The maximum Gasteiger partial charge on any atom is 0.122 e. The number of rotatable bonds is 2. The van der Waals surface area contributed by atoms with Crippen molar-refractivity contribution in [2.75, 3.05) is 0 Å². The molecular formula is C31H20BrN. The monoisotopic (exact) mass is 485 g/mol. The van der Waals surface area contributed by atoms with Crippen LogP contribution in [-0.4, -0.2) is 4.57 Å². The molecule has 7 rings (SSSR count). The molecule has 0 amide bonds. The molecule has 0 aliphatic heterocycles. The van der Waals surface area contributed by atoms with Gasteiger partial charge < -0.3 is 4.57 Å². The van der Waals surface area contributed by atoms with Crippen LogP contribution in [0.25, 0.3) is 32.9 Å². The van der Waals surface area contributed by atoms with Gasteiger partial charge in [-0.2, -0.15) is 0 Å². The molecule has 1 aliphatic rings. The number of nitrogens with zero attached hydrogens (tertiary/aromatic N) is 1. The number of halogens is 1. The lowest BCUT2D eigenvalue weighted by Gasteiger charge is -2.36. The fourth-order valence-corrected chi connectivity index (χ4v) is 6.44. The predicted molar refractivity (Wildman–Crippen MR) is 141 cm³/mol. The molecule has 0 fully saturated rings. The minimum absolute atomic E-state index is 0.486. The van der Waals surface area contributed by atoms with Crippen LogP contribution in [0.1, 0.15) is 16.7 Å². The van der Waals surface area contributed by atoms with E-state index in [2.05, 4.69) is 142 Å². The zero-order chi connectivity index (χ0) is 22.0. The van der Waals surface area contributed by atoms with E-state index in [1.165, 1.54) is 49.6 Å². The molecule has 0 radical (unpaired) electrons. The molecule has 2 heteroatoms. The summed E-state index contributed by atoms with van der Waals surface area (Å²) in [5.74, 6) is 0. The van der Waals surface area contributed by atoms with Gasteiger partial charge in [-0.05, 0) is 55.9 Å². The van der Waals surface area contributed by atoms with Crippen LogP contribution in [-0.2, 0) is 5.54 Å². The normalized spacial score (nSPS) is 13.8. The van der Waals surface area contributed by atoms with E-state index in [4.69, 9.17) is 0 Å². The van der Waals surface area contributed by atoms with Crippen molar-refractivity contribution in [1.29, 1.82) is 0 Å². The van der Waals surface area contributed by atoms with Crippen LogP contribution in [0.5, 0.6) is 0 Å². The highest BCUT2D eigenvalue weighted by atomic mass is 79.9. The molecule has 5 aromatic carbocycles. The Morgan fingerprint density at radius 1 is 0.515 bits per heavy atom.